The quantitative estimate of drug-likeness (QED) is 0.699. The molecule has 0 spiro atoms. The molecule has 0 aliphatic rings. The molecule has 1 nitrogen and oxygen atoms in total. The zero-order chi connectivity index (χ0) is 10.4. The van der Waals surface area contributed by atoms with Gasteiger partial charge in [-0.1, -0.05) is 30.3 Å². The molecule has 0 saturated heterocycles. The average Bonchev–Trinajstić information content (AvgIpc) is 2.18. The van der Waals surface area contributed by atoms with Gasteiger partial charge >= 0.3 is 0 Å². The summed E-state index contributed by atoms with van der Waals surface area (Å²) in [6.45, 7) is 2.63. The lowest BCUT2D eigenvalue weighted by Crippen LogP contribution is -2.07. The summed E-state index contributed by atoms with van der Waals surface area (Å²) in [5, 5.41) is 0. The Balaban J connectivity index is 2.67. The van der Waals surface area contributed by atoms with E-state index in [4.69, 9.17) is 27.9 Å². The van der Waals surface area contributed by atoms with Crippen LogP contribution in [0.25, 0.3) is 0 Å². The summed E-state index contributed by atoms with van der Waals surface area (Å²) >= 11 is 11.5. The molecule has 1 rings (SSSR count). The van der Waals surface area contributed by atoms with Crippen LogP contribution in [0.3, 0.4) is 0 Å². The lowest BCUT2D eigenvalue weighted by atomic mass is 10.1. The predicted molar refractivity (Wildman–Crippen MR) is 60.9 cm³/mol. The lowest BCUT2D eigenvalue weighted by Gasteiger charge is -2.17. The third-order valence-corrected chi connectivity index (χ3v) is 2.29. The van der Waals surface area contributed by atoms with Crippen LogP contribution in [0.2, 0.25) is 0 Å². The van der Waals surface area contributed by atoms with Crippen molar-refractivity contribution in [1.29, 1.82) is 0 Å². The van der Waals surface area contributed by atoms with Gasteiger partial charge in [0.1, 0.15) is 4.84 Å². The van der Waals surface area contributed by atoms with Crippen molar-refractivity contribution in [2.24, 2.45) is 0 Å². The predicted octanol–water partition coefficient (Wildman–Crippen LogP) is 3.96. The molecular formula is C11H14Cl2O. The first-order valence-corrected chi connectivity index (χ1v) is 5.56. The number of hydrogen-bond acceptors (Lipinski definition) is 1. The van der Waals surface area contributed by atoms with Crippen LogP contribution in [0.4, 0.5) is 0 Å². The third-order valence-electron chi connectivity index (χ3n) is 1.93. The Morgan fingerprint density at radius 3 is 2.36 bits per heavy atom. The van der Waals surface area contributed by atoms with Gasteiger partial charge in [-0.15, -0.1) is 23.2 Å². The Labute approximate surface area is 95.0 Å². The standard InChI is InChI=1S/C11H14Cl2O/c1-2-14-10(8-11(12)13)9-6-4-3-5-7-9/h3-7,10-11H,2,8H2,1H3. The smallest absolute Gasteiger partial charge is 0.110 e. The van der Waals surface area contributed by atoms with Gasteiger partial charge in [-0.2, -0.15) is 0 Å². The van der Waals surface area contributed by atoms with Crippen molar-refractivity contribution in [1.82, 2.24) is 0 Å². The molecule has 0 aromatic heterocycles. The normalized spacial score (nSPS) is 13.1. The maximum Gasteiger partial charge on any atom is 0.110 e. The van der Waals surface area contributed by atoms with Crippen LogP contribution in [0.5, 0.6) is 0 Å². The first kappa shape index (κ1) is 11.8. The van der Waals surface area contributed by atoms with Gasteiger partial charge in [-0.3, -0.25) is 0 Å². The number of halogens is 2. The van der Waals surface area contributed by atoms with Crippen LogP contribution in [0, 0.1) is 0 Å². The van der Waals surface area contributed by atoms with Gasteiger partial charge in [0, 0.05) is 13.0 Å². The van der Waals surface area contributed by atoms with Crippen LogP contribution in [-0.4, -0.2) is 11.4 Å². The van der Waals surface area contributed by atoms with Gasteiger partial charge in [-0.05, 0) is 12.5 Å². The highest BCUT2D eigenvalue weighted by atomic mass is 35.5. The van der Waals surface area contributed by atoms with E-state index in [0.29, 0.717) is 13.0 Å². The summed E-state index contributed by atoms with van der Waals surface area (Å²) in [5.41, 5.74) is 1.13. The van der Waals surface area contributed by atoms with Crippen LogP contribution < -0.4 is 0 Å². The molecule has 0 N–H and O–H groups in total. The molecule has 0 saturated carbocycles. The zero-order valence-corrected chi connectivity index (χ0v) is 9.63. The average molecular weight is 233 g/mol. The first-order chi connectivity index (χ1) is 6.74. The molecule has 0 radical (unpaired) electrons. The molecule has 0 amide bonds. The van der Waals surface area contributed by atoms with Crippen LogP contribution in [-0.2, 0) is 4.74 Å². The van der Waals surface area contributed by atoms with Crippen molar-refractivity contribution >= 4 is 23.2 Å². The van der Waals surface area contributed by atoms with Crippen molar-refractivity contribution in [3.05, 3.63) is 35.9 Å². The molecule has 0 fully saturated rings. The number of alkyl halides is 2. The van der Waals surface area contributed by atoms with Crippen LogP contribution in [0.15, 0.2) is 30.3 Å². The molecule has 0 aliphatic heterocycles. The minimum atomic E-state index is -0.383. The Morgan fingerprint density at radius 1 is 1.21 bits per heavy atom. The van der Waals surface area contributed by atoms with Gasteiger partial charge in [0.2, 0.25) is 0 Å². The summed E-state index contributed by atoms with van der Waals surface area (Å²) in [6.07, 6.45) is 0.627. The molecule has 14 heavy (non-hydrogen) atoms. The molecule has 0 heterocycles. The summed E-state index contributed by atoms with van der Waals surface area (Å²) in [7, 11) is 0. The Kier molecular flexibility index (Phi) is 5.31. The second-order valence-electron chi connectivity index (χ2n) is 2.98. The van der Waals surface area contributed by atoms with E-state index in [-0.39, 0.29) is 10.9 Å². The van der Waals surface area contributed by atoms with E-state index in [1.807, 2.05) is 37.3 Å². The number of hydrogen-bond donors (Lipinski definition) is 0. The first-order valence-electron chi connectivity index (χ1n) is 4.68. The molecule has 78 valence electrons. The molecule has 1 aromatic rings. The second-order valence-corrected chi connectivity index (χ2v) is 4.26. The van der Waals surface area contributed by atoms with Crippen LogP contribution in [0.1, 0.15) is 25.0 Å². The van der Waals surface area contributed by atoms with Crippen LogP contribution >= 0.6 is 23.2 Å². The highest BCUT2D eigenvalue weighted by Gasteiger charge is 2.14. The van der Waals surface area contributed by atoms with E-state index in [1.54, 1.807) is 0 Å². The second kappa shape index (κ2) is 6.28. The van der Waals surface area contributed by atoms with Gasteiger partial charge in [0.05, 0.1) is 6.10 Å². The minimum absolute atomic E-state index is 0.00111. The summed E-state index contributed by atoms with van der Waals surface area (Å²) in [5.74, 6) is 0. The van der Waals surface area contributed by atoms with Gasteiger partial charge in [0.25, 0.3) is 0 Å². The minimum Gasteiger partial charge on any atom is -0.374 e. The van der Waals surface area contributed by atoms with Crippen molar-refractivity contribution in [3.8, 4) is 0 Å². The van der Waals surface area contributed by atoms with Gasteiger partial charge in [0.15, 0.2) is 0 Å². The summed E-state index contributed by atoms with van der Waals surface area (Å²) < 4.78 is 5.57. The molecule has 0 bridgehead atoms. The maximum absolute atomic E-state index is 5.74. The largest absolute Gasteiger partial charge is 0.374 e. The fraction of sp³-hybridized carbons (Fsp3) is 0.455. The fourth-order valence-electron chi connectivity index (χ4n) is 1.33. The van der Waals surface area contributed by atoms with E-state index in [1.165, 1.54) is 0 Å². The van der Waals surface area contributed by atoms with Crippen molar-refractivity contribution < 1.29 is 4.74 Å². The van der Waals surface area contributed by atoms with E-state index in [9.17, 15) is 0 Å². The Bertz CT molecular complexity index is 249. The van der Waals surface area contributed by atoms with Gasteiger partial charge < -0.3 is 4.74 Å². The number of rotatable bonds is 5. The van der Waals surface area contributed by atoms with E-state index in [2.05, 4.69) is 0 Å². The van der Waals surface area contributed by atoms with E-state index >= 15 is 0 Å². The highest BCUT2D eigenvalue weighted by Crippen LogP contribution is 2.25. The third kappa shape index (κ3) is 3.87. The topological polar surface area (TPSA) is 9.23 Å². The summed E-state index contributed by atoms with van der Waals surface area (Å²) in [6, 6.07) is 10.00. The maximum atomic E-state index is 5.74. The Hall–Kier alpha value is -0.240. The van der Waals surface area contributed by atoms with Crippen molar-refractivity contribution in [3.63, 3.8) is 0 Å². The fourth-order valence-corrected chi connectivity index (χ4v) is 1.65. The molecular weight excluding hydrogens is 219 g/mol. The molecule has 1 unspecified atom stereocenters. The van der Waals surface area contributed by atoms with Crippen molar-refractivity contribution in [2.45, 2.75) is 24.3 Å². The molecule has 1 atom stereocenters. The lowest BCUT2D eigenvalue weighted by molar-refractivity contribution is 0.0588. The molecule has 1 aromatic carbocycles. The van der Waals surface area contributed by atoms with E-state index in [0.717, 1.165) is 5.56 Å². The number of ether oxygens (including phenoxy) is 1. The Morgan fingerprint density at radius 2 is 1.86 bits per heavy atom. The zero-order valence-electron chi connectivity index (χ0n) is 8.12. The van der Waals surface area contributed by atoms with Gasteiger partial charge in [-0.25, -0.2) is 0 Å². The highest BCUT2D eigenvalue weighted by molar-refractivity contribution is 6.44. The monoisotopic (exact) mass is 232 g/mol. The molecule has 0 aliphatic carbocycles. The SMILES string of the molecule is CCOC(CC(Cl)Cl)c1ccccc1. The summed E-state index contributed by atoms with van der Waals surface area (Å²) in [4.78, 5) is -0.383. The van der Waals surface area contributed by atoms with Crippen molar-refractivity contribution in [2.75, 3.05) is 6.61 Å². The van der Waals surface area contributed by atoms with E-state index < -0.39 is 0 Å². The molecule has 3 heteroatoms. The number of benzene rings is 1.